The highest BCUT2D eigenvalue weighted by Gasteiger charge is 2.29. The molecule has 7 nitrogen and oxygen atoms in total. The van der Waals surface area contributed by atoms with E-state index in [0.717, 1.165) is 5.69 Å². The molecule has 0 aliphatic rings. The van der Waals surface area contributed by atoms with Gasteiger partial charge in [-0.3, -0.25) is 5.32 Å². The fourth-order valence-electron chi connectivity index (χ4n) is 1.49. The van der Waals surface area contributed by atoms with Gasteiger partial charge >= 0.3 is 12.3 Å². The third-order valence-corrected chi connectivity index (χ3v) is 2.20. The summed E-state index contributed by atoms with van der Waals surface area (Å²) in [7, 11) is 0. The molecule has 0 radical (unpaired) electrons. The average molecular weight is 289 g/mol. The van der Waals surface area contributed by atoms with Gasteiger partial charge in [-0.25, -0.2) is 9.78 Å². The molecular weight excluding hydrogens is 279 g/mol. The Balaban J connectivity index is 2.10. The van der Waals surface area contributed by atoms with E-state index in [2.05, 4.69) is 19.8 Å². The Kier molecular flexibility index (Phi) is 3.47. The lowest BCUT2D eigenvalue weighted by molar-refractivity contribution is -0.159. The van der Waals surface area contributed by atoms with Gasteiger partial charge in [-0.2, -0.15) is 22.7 Å². The Bertz CT molecular complexity index is 652. The normalized spacial score (nSPS) is 11.7. The Morgan fingerprint density at radius 3 is 2.75 bits per heavy atom. The number of fused-ring (bicyclic) bond motifs is 1. The van der Waals surface area contributed by atoms with Crippen molar-refractivity contribution in [2.45, 2.75) is 20.0 Å². The fraction of sp³-hybridized carbons (Fsp3) is 0.400. The van der Waals surface area contributed by atoms with E-state index in [1.807, 2.05) is 5.32 Å². The Morgan fingerprint density at radius 2 is 2.10 bits per heavy atom. The van der Waals surface area contributed by atoms with Crippen molar-refractivity contribution in [1.29, 1.82) is 0 Å². The molecule has 2 aromatic heterocycles. The number of carbonyl (C=O) groups excluding carboxylic acids is 1. The number of alkyl halides is 3. The Labute approximate surface area is 110 Å². The van der Waals surface area contributed by atoms with Crippen LogP contribution in [0.4, 0.5) is 23.9 Å². The van der Waals surface area contributed by atoms with Crippen molar-refractivity contribution in [2.75, 3.05) is 11.9 Å². The molecule has 0 saturated heterocycles. The smallest absolute Gasteiger partial charge is 0.422 e. The number of nitrogens with one attached hydrogen (secondary N) is 1. The minimum Gasteiger partial charge on any atom is -0.440 e. The van der Waals surface area contributed by atoms with Gasteiger partial charge in [0, 0.05) is 11.4 Å². The van der Waals surface area contributed by atoms with Crippen molar-refractivity contribution in [2.24, 2.45) is 0 Å². The van der Waals surface area contributed by atoms with Gasteiger partial charge in [0.25, 0.3) is 11.7 Å². The second-order valence-corrected chi connectivity index (χ2v) is 4.00. The third kappa shape index (κ3) is 3.33. The van der Waals surface area contributed by atoms with Crippen LogP contribution in [0.1, 0.15) is 11.4 Å². The number of rotatable bonds is 2. The minimum absolute atomic E-state index is 0.182. The molecule has 1 N–H and O–H groups in total. The summed E-state index contributed by atoms with van der Waals surface area (Å²) >= 11 is 0. The van der Waals surface area contributed by atoms with Gasteiger partial charge in [-0.15, -0.1) is 5.10 Å². The standard InChI is InChI=1S/C10H10F3N5O2/c1-5-3-6(2)18-8(14-5)15-7(17-18)16-9(19)20-4-10(11,12)13/h3H,4H2,1-2H3,(H,16,17,19). The van der Waals surface area contributed by atoms with E-state index >= 15 is 0 Å². The maximum absolute atomic E-state index is 11.9. The number of amides is 1. The highest BCUT2D eigenvalue weighted by atomic mass is 19.4. The van der Waals surface area contributed by atoms with Crippen LogP contribution in [0.15, 0.2) is 6.07 Å². The zero-order chi connectivity index (χ0) is 14.9. The lowest BCUT2D eigenvalue weighted by atomic mass is 10.4. The summed E-state index contributed by atoms with van der Waals surface area (Å²) in [6, 6.07) is 1.74. The molecule has 0 spiro atoms. The monoisotopic (exact) mass is 289 g/mol. The van der Waals surface area contributed by atoms with Crippen molar-refractivity contribution in [1.82, 2.24) is 19.6 Å². The van der Waals surface area contributed by atoms with Crippen molar-refractivity contribution in [3.05, 3.63) is 17.5 Å². The lowest BCUT2D eigenvalue weighted by Gasteiger charge is -2.06. The van der Waals surface area contributed by atoms with Crippen molar-refractivity contribution in [3.8, 4) is 0 Å². The van der Waals surface area contributed by atoms with E-state index in [9.17, 15) is 18.0 Å². The molecular formula is C10H10F3N5O2. The van der Waals surface area contributed by atoms with Crippen LogP contribution in [0.5, 0.6) is 0 Å². The number of ether oxygens (including phenoxy) is 1. The number of carbonyl (C=O) groups is 1. The summed E-state index contributed by atoms with van der Waals surface area (Å²) < 4.78 is 40.9. The molecule has 2 heterocycles. The van der Waals surface area contributed by atoms with E-state index < -0.39 is 18.9 Å². The molecule has 0 aliphatic heterocycles. The van der Waals surface area contributed by atoms with Gasteiger partial charge in [0.05, 0.1) is 0 Å². The zero-order valence-corrected chi connectivity index (χ0v) is 10.5. The fourth-order valence-corrected chi connectivity index (χ4v) is 1.49. The molecule has 0 bridgehead atoms. The van der Waals surface area contributed by atoms with Crippen molar-refractivity contribution >= 4 is 17.8 Å². The molecule has 108 valence electrons. The molecule has 0 aromatic carbocycles. The van der Waals surface area contributed by atoms with Crippen molar-refractivity contribution in [3.63, 3.8) is 0 Å². The predicted molar refractivity (Wildman–Crippen MR) is 61.3 cm³/mol. The van der Waals surface area contributed by atoms with Gasteiger partial charge in [0.15, 0.2) is 6.61 Å². The van der Waals surface area contributed by atoms with Crippen LogP contribution in [-0.4, -0.2) is 38.5 Å². The minimum atomic E-state index is -4.58. The molecule has 2 aromatic rings. The first kappa shape index (κ1) is 14.0. The van der Waals surface area contributed by atoms with Crippen LogP contribution in [0.2, 0.25) is 0 Å². The zero-order valence-electron chi connectivity index (χ0n) is 10.5. The Hall–Kier alpha value is -2.39. The van der Waals surface area contributed by atoms with Gasteiger partial charge in [0.2, 0.25) is 0 Å². The number of halogens is 3. The van der Waals surface area contributed by atoms with Crippen LogP contribution in [0.3, 0.4) is 0 Å². The van der Waals surface area contributed by atoms with Crippen LogP contribution >= 0.6 is 0 Å². The summed E-state index contributed by atoms with van der Waals surface area (Å²) in [5.74, 6) is 0.0481. The first-order valence-electron chi connectivity index (χ1n) is 5.46. The number of aryl methyl sites for hydroxylation is 2. The first-order chi connectivity index (χ1) is 9.24. The highest BCUT2D eigenvalue weighted by Crippen LogP contribution is 2.15. The molecule has 0 saturated carbocycles. The maximum Gasteiger partial charge on any atom is 0.422 e. The topological polar surface area (TPSA) is 81.4 Å². The number of nitrogens with zero attached hydrogens (tertiary/aromatic N) is 4. The number of hydrogen-bond donors (Lipinski definition) is 1. The molecule has 0 aliphatic carbocycles. The van der Waals surface area contributed by atoms with Crippen molar-refractivity contribution < 1.29 is 22.7 Å². The summed E-state index contributed by atoms with van der Waals surface area (Å²) in [4.78, 5) is 19.1. The maximum atomic E-state index is 11.9. The van der Waals surface area contributed by atoms with Crippen LogP contribution in [-0.2, 0) is 4.74 Å². The SMILES string of the molecule is Cc1cc(C)n2nc(NC(=O)OCC(F)(F)F)nc2n1. The van der Waals surface area contributed by atoms with E-state index in [-0.39, 0.29) is 11.7 Å². The van der Waals surface area contributed by atoms with Gasteiger partial charge in [-0.1, -0.05) is 0 Å². The van der Waals surface area contributed by atoms with Crippen LogP contribution < -0.4 is 5.32 Å². The number of anilines is 1. The predicted octanol–water partition coefficient (Wildman–Crippen LogP) is 1.85. The molecule has 0 fully saturated rings. The third-order valence-electron chi connectivity index (χ3n) is 2.20. The average Bonchev–Trinajstić information content (AvgIpc) is 2.68. The summed E-state index contributed by atoms with van der Waals surface area (Å²) in [6.45, 7) is 1.83. The van der Waals surface area contributed by atoms with Crippen LogP contribution in [0, 0.1) is 13.8 Å². The van der Waals surface area contributed by atoms with Crippen LogP contribution in [0.25, 0.3) is 5.78 Å². The summed E-state index contributed by atoms with van der Waals surface area (Å²) in [5.41, 5.74) is 1.42. The summed E-state index contributed by atoms with van der Waals surface area (Å²) in [5, 5.41) is 5.89. The van der Waals surface area contributed by atoms with Gasteiger partial charge < -0.3 is 4.74 Å². The molecule has 1 amide bonds. The highest BCUT2D eigenvalue weighted by molar-refractivity contribution is 5.82. The second kappa shape index (κ2) is 4.94. The number of hydrogen-bond acceptors (Lipinski definition) is 5. The Morgan fingerprint density at radius 1 is 1.40 bits per heavy atom. The van der Waals surface area contributed by atoms with Gasteiger partial charge in [-0.05, 0) is 19.9 Å². The van der Waals surface area contributed by atoms with E-state index in [1.54, 1.807) is 19.9 Å². The second-order valence-electron chi connectivity index (χ2n) is 4.00. The molecule has 20 heavy (non-hydrogen) atoms. The first-order valence-corrected chi connectivity index (χ1v) is 5.46. The van der Waals surface area contributed by atoms with E-state index in [4.69, 9.17) is 0 Å². The van der Waals surface area contributed by atoms with Gasteiger partial charge in [0.1, 0.15) is 0 Å². The van der Waals surface area contributed by atoms with E-state index in [1.165, 1.54) is 4.52 Å². The quantitative estimate of drug-likeness (QED) is 0.912. The largest absolute Gasteiger partial charge is 0.440 e. The lowest BCUT2D eigenvalue weighted by Crippen LogP contribution is -2.23. The molecule has 0 atom stereocenters. The van der Waals surface area contributed by atoms with E-state index in [0.29, 0.717) is 5.69 Å². The molecule has 10 heteroatoms. The summed E-state index contributed by atoms with van der Waals surface area (Å²) in [6.07, 6.45) is -5.87. The number of aromatic nitrogens is 4. The molecule has 0 unspecified atom stereocenters. The molecule has 2 rings (SSSR count).